The molecule has 0 fully saturated rings. The number of carbonyl (C=O) groups is 1. The minimum absolute atomic E-state index is 0.0468. The van der Waals surface area contributed by atoms with Crippen molar-refractivity contribution in [2.45, 2.75) is 30.5 Å². The minimum atomic E-state index is -0.0655. The lowest BCUT2D eigenvalue weighted by Gasteiger charge is -2.26. The zero-order valence-corrected chi connectivity index (χ0v) is 19.0. The summed E-state index contributed by atoms with van der Waals surface area (Å²) in [5.41, 5.74) is 3.14. The van der Waals surface area contributed by atoms with Gasteiger partial charge in [-0.3, -0.25) is 4.79 Å². The molecule has 4 rings (SSSR count). The van der Waals surface area contributed by atoms with Crippen molar-refractivity contribution >= 4 is 17.7 Å². The number of benzene rings is 2. The highest BCUT2D eigenvalue weighted by Gasteiger charge is 2.22. The molecular weight excluding hydrogens is 430 g/mol. The molecule has 1 aliphatic carbocycles. The average molecular weight is 456 g/mol. The summed E-state index contributed by atoms with van der Waals surface area (Å²) >= 11 is 1.20. The van der Waals surface area contributed by atoms with Crippen molar-refractivity contribution in [1.82, 2.24) is 15.5 Å². The number of hydrogen-bond donors (Lipinski definition) is 1. The van der Waals surface area contributed by atoms with Crippen LogP contribution in [0, 0.1) is 0 Å². The number of fused-ring (bicyclic) bond motifs is 1. The van der Waals surface area contributed by atoms with Gasteiger partial charge in [0.05, 0.1) is 33.1 Å². The quantitative estimate of drug-likeness (QED) is 0.508. The van der Waals surface area contributed by atoms with Crippen LogP contribution < -0.4 is 19.5 Å². The van der Waals surface area contributed by atoms with Crippen molar-refractivity contribution in [2.75, 3.05) is 27.1 Å². The number of hydrogen-bond acceptors (Lipinski definition) is 8. The number of nitrogens with one attached hydrogen (secondary N) is 1. The molecule has 3 aromatic rings. The SMILES string of the molecule is COc1cc(-c2nnc(SCC(=O)N[C@H]3CCCc4ccccc43)o2)cc(OC)c1OC. The molecule has 0 unspecified atom stereocenters. The van der Waals surface area contributed by atoms with Crippen LogP contribution in [0.5, 0.6) is 17.2 Å². The van der Waals surface area contributed by atoms with Gasteiger partial charge in [0.15, 0.2) is 11.5 Å². The molecule has 2 aromatic carbocycles. The standard InChI is InChI=1S/C23H25N3O5S/c1-28-18-11-15(12-19(29-2)21(18)30-3)22-25-26-23(31-22)32-13-20(27)24-17-10-6-8-14-7-4-5-9-16(14)17/h4-5,7,9,11-12,17H,6,8,10,13H2,1-3H3,(H,24,27)/t17-/m0/s1. The zero-order valence-electron chi connectivity index (χ0n) is 18.2. The Labute approximate surface area is 190 Å². The fourth-order valence-electron chi connectivity index (χ4n) is 3.86. The van der Waals surface area contributed by atoms with Crippen molar-refractivity contribution in [1.29, 1.82) is 0 Å². The second-order valence-electron chi connectivity index (χ2n) is 7.29. The van der Waals surface area contributed by atoms with Crippen LogP contribution in [0.2, 0.25) is 0 Å². The number of thioether (sulfide) groups is 1. The van der Waals surface area contributed by atoms with Crippen LogP contribution in [0.15, 0.2) is 46.0 Å². The van der Waals surface area contributed by atoms with Crippen LogP contribution in [0.1, 0.15) is 30.0 Å². The molecule has 0 spiro atoms. The third kappa shape index (κ3) is 4.67. The van der Waals surface area contributed by atoms with E-state index in [1.165, 1.54) is 22.9 Å². The third-order valence-electron chi connectivity index (χ3n) is 5.35. The Morgan fingerprint density at radius 3 is 2.59 bits per heavy atom. The highest BCUT2D eigenvalue weighted by atomic mass is 32.2. The molecule has 168 valence electrons. The monoisotopic (exact) mass is 455 g/mol. The van der Waals surface area contributed by atoms with Crippen LogP contribution in [0.25, 0.3) is 11.5 Å². The Morgan fingerprint density at radius 2 is 1.88 bits per heavy atom. The molecule has 0 aliphatic heterocycles. The molecule has 0 saturated heterocycles. The molecule has 1 atom stereocenters. The highest BCUT2D eigenvalue weighted by Crippen LogP contribution is 2.41. The van der Waals surface area contributed by atoms with Crippen molar-refractivity contribution < 1.29 is 23.4 Å². The van der Waals surface area contributed by atoms with Crippen LogP contribution >= 0.6 is 11.8 Å². The summed E-state index contributed by atoms with van der Waals surface area (Å²) in [6.07, 6.45) is 3.07. The summed E-state index contributed by atoms with van der Waals surface area (Å²) in [6.45, 7) is 0. The Bertz CT molecular complexity index is 1080. The van der Waals surface area contributed by atoms with E-state index in [0.29, 0.717) is 33.9 Å². The first-order valence-corrected chi connectivity index (χ1v) is 11.2. The fourth-order valence-corrected chi connectivity index (χ4v) is 4.43. The maximum Gasteiger partial charge on any atom is 0.277 e. The van der Waals surface area contributed by atoms with E-state index in [1.807, 2.05) is 12.1 Å². The van der Waals surface area contributed by atoms with Gasteiger partial charge in [0.1, 0.15) is 0 Å². The summed E-state index contributed by atoms with van der Waals surface area (Å²) in [6, 6.07) is 11.8. The van der Waals surface area contributed by atoms with Crippen LogP contribution in [-0.4, -0.2) is 43.2 Å². The van der Waals surface area contributed by atoms with Gasteiger partial charge in [0, 0.05) is 5.56 Å². The largest absolute Gasteiger partial charge is 0.493 e. The second kappa shape index (κ2) is 9.95. The zero-order chi connectivity index (χ0) is 22.5. The Balaban J connectivity index is 1.41. The van der Waals surface area contributed by atoms with E-state index in [1.54, 1.807) is 33.5 Å². The van der Waals surface area contributed by atoms with Crippen LogP contribution in [0.3, 0.4) is 0 Å². The topological polar surface area (TPSA) is 95.7 Å². The number of ether oxygens (including phenoxy) is 3. The van der Waals surface area contributed by atoms with E-state index in [4.69, 9.17) is 18.6 Å². The van der Waals surface area contributed by atoms with Gasteiger partial charge in [-0.05, 0) is 42.5 Å². The number of aromatic nitrogens is 2. The van der Waals surface area contributed by atoms with Gasteiger partial charge in [0.2, 0.25) is 17.5 Å². The number of aryl methyl sites for hydroxylation is 1. The lowest BCUT2D eigenvalue weighted by molar-refractivity contribution is -0.119. The van der Waals surface area contributed by atoms with E-state index in [2.05, 4.69) is 27.6 Å². The van der Waals surface area contributed by atoms with Gasteiger partial charge < -0.3 is 23.9 Å². The summed E-state index contributed by atoms with van der Waals surface area (Å²) in [7, 11) is 4.62. The van der Waals surface area contributed by atoms with E-state index in [9.17, 15) is 4.79 Å². The molecule has 1 aliphatic rings. The van der Waals surface area contributed by atoms with E-state index >= 15 is 0 Å². The molecule has 0 bridgehead atoms. The van der Waals surface area contributed by atoms with Crippen LogP contribution in [-0.2, 0) is 11.2 Å². The maximum atomic E-state index is 12.5. The van der Waals surface area contributed by atoms with E-state index in [0.717, 1.165) is 19.3 Å². The van der Waals surface area contributed by atoms with Crippen LogP contribution in [0.4, 0.5) is 0 Å². The van der Waals surface area contributed by atoms with Crippen molar-refractivity contribution in [3.63, 3.8) is 0 Å². The first-order valence-electron chi connectivity index (χ1n) is 10.3. The molecular formula is C23H25N3O5S. The van der Waals surface area contributed by atoms with Crippen molar-refractivity contribution in [3.8, 4) is 28.7 Å². The van der Waals surface area contributed by atoms with Gasteiger partial charge in [-0.15, -0.1) is 10.2 Å². The predicted octanol–water partition coefficient (Wildman–Crippen LogP) is 4.05. The Morgan fingerprint density at radius 1 is 1.12 bits per heavy atom. The van der Waals surface area contributed by atoms with Crippen molar-refractivity contribution in [2.24, 2.45) is 0 Å². The van der Waals surface area contributed by atoms with Gasteiger partial charge in [-0.2, -0.15) is 0 Å². The normalized spacial score (nSPS) is 15.0. The molecule has 1 N–H and O–H groups in total. The second-order valence-corrected chi connectivity index (χ2v) is 8.21. The molecule has 1 heterocycles. The smallest absolute Gasteiger partial charge is 0.277 e. The lowest BCUT2D eigenvalue weighted by Crippen LogP contribution is -2.32. The van der Waals surface area contributed by atoms with E-state index < -0.39 is 0 Å². The molecule has 0 radical (unpaired) electrons. The summed E-state index contributed by atoms with van der Waals surface area (Å²) < 4.78 is 21.8. The number of rotatable bonds is 8. The first kappa shape index (κ1) is 22.0. The number of nitrogens with zero attached hydrogens (tertiary/aromatic N) is 2. The van der Waals surface area contributed by atoms with Gasteiger partial charge in [-0.25, -0.2) is 0 Å². The maximum absolute atomic E-state index is 12.5. The number of amides is 1. The number of methoxy groups -OCH3 is 3. The summed E-state index contributed by atoms with van der Waals surface area (Å²) in [5.74, 6) is 1.88. The molecule has 1 aromatic heterocycles. The third-order valence-corrected chi connectivity index (χ3v) is 6.17. The minimum Gasteiger partial charge on any atom is -0.493 e. The summed E-state index contributed by atoms with van der Waals surface area (Å²) in [5, 5.41) is 11.6. The van der Waals surface area contributed by atoms with E-state index in [-0.39, 0.29) is 17.7 Å². The Hall–Kier alpha value is -3.20. The average Bonchev–Trinajstić information content (AvgIpc) is 3.31. The molecule has 0 saturated carbocycles. The molecule has 8 nitrogen and oxygen atoms in total. The highest BCUT2D eigenvalue weighted by molar-refractivity contribution is 7.99. The molecule has 32 heavy (non-hydrogen) atoms. The number of carbonyl (C=O) groups excluding carboxylic acids is 1. The molecule has 1 amide bonds. The molecule has 9 heteroatoms. The van der Waals surface area contributed by atoms with Crippen molar-refractivity contribution in [3.05, 3.63) is 47.5 Å². The van der Waals surface area contributed by atoms with Gasteiger partial charge >= 0.3 is 0 Å². The Kier molecular flexibility index (Phi) is 6.84. The van der Waals surface area contributed by atoms with Gasteiger partial charge in [-0.1, -0.05) is 36.0 Å². The van der Waals surface area contributed by atoms with Gasteiger partial charge in [0.25, 0.3) is 5.22 Å². The summed E-state index contributed by atoms with van der Waals surface area (Å²) in [4.78, 5) is 12.5. The first-order chi connectivity index (χ1) is 15.6. The lowest BCUT2D eigenvalue weighted by atomic mass is 9.88. The fraction of sp³-hybridized carbons (Fsp3) is 0.348. The predicted molar refractivity (Wildman–Crippen MR) is 120 cm³/mol.